The quantitative estimate of drug-likeness (QED) is 0.634. The Morgan fingerprint density at radius 1 is 1.19 bits per heavy atom. The van der Waals surface area contributed by atoms with Gasteiger partial charge >= 0.3 is 0 Å². The van der Waals surface area contributed by atoms with E-state index in [2.05, 4.69) is 43.1 Å². The maximum atomic E-state index is 13.9. The van der Waals surface area contributed by atoms with E-state index in [9.17, 15) is 4.39 Å². The Labute approximate surface area is 128 Å². The van der Waals surface area contributed by atoms with Gasteiger partial charge in [-0.15, -0.1) is 11.6 Å². The Bertz CT molecular complexity index is 777. The van der Waals surface area contributed by atoms with E-state index in [1.165, 1.54) is 11.6 Å². The van der Waals surface area contributed by atoms with Crippen LogP contribution < -0.4 is 0 Å². The number of benzene rings is 2. The molecule has 0 bridgehead atoms. The largest absolute Gasteiger partial charge is 0.320 e. The van der Waals surface area contributed by atoms with Crippen molar-refractivity contribution < 1.29 is 4.39 Å². The van der Waals surface area contributed by atoms with Crippen molar-refractivity contribution in [2.75, 3.05) is 0 Å². The van der Waals surface area contributed by atoms with E-state index < -0.39 is 0 Å². The molecule has 108 valence electrons. The van der Waals surface area contributed by atoms with Gasteiger partial charge in [-0.3, -0.25) is 0 Å². The summed E-state index contributed by atoms with van der Waals surface area (Å²) >= 11 is 6.01. The Kier molecular flexibility index (Phi) is 3.68. The SMILES string of the molecule is Cc1ccc(C(C)n2c(CCl)nc3c(F)cccc32)cc1. The van der Waals surface area contributed by atoms with Gasteiger partial charge < -0.3 is 4.57 Å². The first-order chi connectivity index (χ1) is 10.1. The van der Waals surface area contributed by atoms with Crippen LogP contribution in [0.5, 0.6) is 0 Å². The lowest BCUT2D eigenvalue weighted by Crippen LogP contribution is -2.09. The summed E-state index contributed by atoms with van der Waals surface area (Å²) in [5.74, 6) is 0.628. The molecule has 0 saturated heterocycles. The van der Waals surface area contributed by atoms with Crippen LogP contribution in [0.3, 0.4) is 0 Å². The highest BCUT2D eigenvalue weighted by Crippen LogP contribution is 2.28. The number of hydrogen-bond donors (Lipinski definition) is 0. The van der Waals surface area contributed by atoms with E-state index in [4.69, 9.17) is 11.6 Å². The lowest BCUT2D eigenvalue weighted by atomic mass is 10.1. The first-order valence-corrected chi connectivity index (χ1v) is 7.43. The number of hydrogen-bond acceptors (Lipinski definition) is 1. The van der Waals surface area contributed by atoms with Crippen molar-refractivity contribution in [1.29, 1.82) is 0 Å². The molecule has 21 heavy (non-hydrogen) atoms. The lowest BCUT2D eigenvalue weighted by Gasteiger charge is -2.17. The topological polar surface area (TPSA) is 17.8 Å². The number of alkyl halides is 1. The van der Waals surface area contributed by atoms with Crippen molar-refractivity contribution in [3.05, 3.63) is 65.2 Å². The molecule has 1 atom stereocenters. The summed E-state index contributed by atoms with van der Waals surface area (Å²) in [6, 6.07) is 13.4. The molecule has 0 aliphatic rings. The van der Waals surface area contributed by atoms with Crippen molar-refractivity contribution >= 4 is 22.6 Å². The molecule has 0 amide bonds. The highest BCUT2D eigenvalue weighted by Gasteiger charge is 2.18. The Balaban J connectivity index is 2.18. The molecule has 1 unspecified atom stereocenters. The zero-order valence-corrected chi connectivity index (χ0v) is 12.7. The Morgan fingerprint density at radius 2 is 1.90 bits per heavy atom. The first kappa shape index (κ1) is 14.1. The van der Waals surface area contributed by atoms with E-state index in [0.29, 0.717) is 11.3 Å². The van der Waals surface area contributed by atoms with Gasteiger partial charge in [-0.1, -0.05) is 35.9 Å². The highest BCUT2D eigenvalue weighted by atomic mass is 35.5. The molecule has 3 rings (SSSR count). The third kappa shape index (κ3) is 2.42. The molecule has 0 N–H and O–H groups in total. The number of nitrogens with zero attached hydrogens (tertiary/aromatic N) is 2. The van der Waals surface area contributed by atoms with Crippen LogP contribution in [0.15, 0.2) is 42.5 Å². The normalized spacial score (nSPS) is 12.8. The molecule has 0 fully saturated rings. The van der Waals surface area contributed by atoms with Gasteiger partial charge in [0.2, 0.25) is 0 Å². The Morgan fingerprint density at radius 3 is 2.57 bits per heavy atom. The first-order valence-electron chi connectivity index (χ1n) is 6.89. The fourth-order valence-corrected chi connectivity index (χ4v) is 2.84. The van der Waals surface area contributed by atoms with Crippen LogP contribution in [0.2, 0.25) is 0 Å². The molecule has 0 aliphatic heterocycles. The summed E-state index contributed by atoms with van der Waals surface area (Å²) in [5, 5.41) is 0. The number of halogens is 2. The second-order valence-electron chi connectivity index (χ2n) is 5.23. The van der Waals surface area contributed by atoms with E-state index in [1.54, 1.807) is 6.07 Å². The lowest BCUT2D eigenvalue weighted by molar-refractivity contribution is 0.633. The van der Waals surface area contributed by atoms with Crippen LogP contribution in [-0.2, 0) is 5.88 Å². The fraction of sp³-hybridized carbons (Fsp3) is 0.235. The van der Waals surface area contributed by atoms with Gasteiger partial charge in [0.1, 0.15) is 11.3 Å². The average Bonchev–Trinajstić information content (AvgIpc) is 2.87. The average molecular weight is 303 g/mol. The standard InChI is InChI=1S/C17H16ClFN2/c1-11-6-8-13(9-7-11)12(2)21-15-5-3-4-14(19)17(15)20-16(21)10-18/h3-9,12H,10H2,1-2H3. The fourth-order valence-electron chi connectivity index (χ4n) is 2.65. The maximum absolute atomic E-state index is 13.9. The molecular formula is C17H16ClFN2. The second kappa shape index (κ2) is 5.49. The maximum Gasteiger partial charge on any atom is 0.151 e. The van der Waals surface area contributed by atoms with Gasteiger partial charge in [0.15, 0.2) is 5.82 Å². The molecule has 2 aromatic carbocycles. The van der Waals surface area contributed by atoms with Crippen molar-refractivity contribution in [3.63, 3.8) is 0 Å². The summed E-state index contributed by atoms with van der Waals surface area (Å²) in [4.78, 5) is 4.35. The highest BCUT2D eigenvalue weighted by molar-refractivity contribution is 6.16. The number of para-hydroxylation sites is 1. The van der Waals surface area contributed by atoms with Crippen LogP contribution in [0.1, 0.15) is 29.9 Å². The number of fused-ring (bicyclic) bond motifs is 1. The molecule has 1 aromatic heterocycles. The van der Waals surface area contributed by atoms with Gasteiger partial charge in [0.25, 0.3) is 0 Å². The second-order valence-corrected chi connectivity index (χ2v) is 5.49. The van der Waals surface area contributed by atoms with Crippen LogP contribution >= 0.6 is 11.6 Å². The molecular weight excluding hydrogens is 287 g/mol. The number of rotatable bonds is 3. The van der Waals surface area contributed by atoms with Crippen LogP contribution in [0.25, 0.3) is 11.0 Å². The van der Waals surface area contributed by atoms with E-state index in [0.717, 1.165) is 11.1 Å². The zero-order chi connectivity index (χ0) is 15.0. The summed E-state index contributed by atoms with van der Waals surface area (Å²) in [7, 11) is 0. The van der Waals surface area contributed by atoms with Gasteiger partial charge in [0, 0.05) is 0 Å². The molecule has 4 heteroatoms. The van der Waals surface area contributed by atoms with Crippen LogP contribution in [0.4, 0.5) is 4.39 Å². The molecule has 0 spiro atoms. The van der Waals surface area contributed by atoms with E-state index >= 15 is 0 Å². The third-order valence-corrected chi connectivity index (χ3v) is 4.05. The summed E-state index contributed by atoms with van der Waals surface area (Å²) in [6.45, 7) is 4.13. The van der Waals surface area contributed by atoms with Crippen molar-refractivity contribution in [3.8, 4) is 0 Å². The minimum absolute atomic E-state index is 0.0474. The zero-order valence-electron chi connectivity index (χ0n) is 12.0. The monoisotopic (exact) mass is 302 g/mol. The Hall–Kier alpha value is -1.87. The molecule has 0 radical (unpaired) electrons. The van der Waals surface area contributed by atoms with Crippen LogP contribution in [-0.4, -0.2) is 9.55 Å². The van der Waals surface area contributed by atoms with Gasteiger partial charge in [-0.25, -0.2) is 9.37 Å². The summed E-state index contributed by atoms with van der Waals surface area (Å²) in [6.07, 6.45) is 0. The third-order valence-electron chi connectivity index (χ3n) is 3.81. The number of imidazole rings is 1. The predicted molar refractivity (Wildman–Crippen MR) is 84.2 cm³/mol. The van der Waals surface area contributed by atoms with E-state index in [-0.39, 0.29) is 17.7 Å². The minimum Gasteiger partial charge on any atom is -0.320 e. The number of aryl methyl sites for hydroxylation is 1. The van der Waals surface area contributed by atoms with Crippen molar-refractivity contribution in [1.82, 2.24) is 9.55 Å². The smallest absolute Gasteiger partial charge is 0.151 e. The van der Waals surface area contributed by atoms with Crippen molar-refractivity contribution in [2.45, 2.75) is 25.8 Å². The molecule has 2 nitrogen and oxygen atoms in total. The molecule has 0 aliphatic carbocycles. The summed E-state index contributed by atoms with van der Waals surface area (Å²) < 4.78 is 15.9. The number of aromatic nitrogens is 2. The summed E-state index contributed by atoms with van der Waals surface area (Å²) in [5.41, 5.74) is 3.52. The predicted octanol–water partition coefficient (Wildman–Crippen LogP) is 4.83. The van der Waals surface area contributed by atoms with Gasteiger partial charge in [0.05, 0.1) is 17.4 Å². The molecule has 1 heterocycles. The van der Waals surface area contributed by atoms with Gasteiger partial charge in [-0.2, -0.15) is 0 Å². The van der Waals surface area contributed by atoms with Gasteiger partial charge in [-0.05, 0) is 31.5 Å². The molecule has 0 saturated carbocycles. The molecule has 3 aromatic rings. The minimum atomic E-state index is -0.311. The van der Waals surface area contributed by atoms with E-state index in [1.807, 2.05) is 10.6 Å². The van der Waals surface area contributed by atoms with Crippen molar-refractivity contribution in [2.24, 2.45) is 0 Å². The van der Waals surface area contributed by atoms with Crippen LogP contribution in [0, 0.1) is 12.7 Å².